The molecule has 1 aliphatic rings. The molecule has 0 bridgehead atoms. The lowest BCUT2D eigenvalue weighted by Gasteiger charge is -2.11. The van der Waals surface area contributed by atoms with E-state index in [2.05, 4.69) is 45.2 Å². The lowest BCUT2D eigenvalue weighted by molar-refractivity contribution is -0.121. The van der Waals surface area contributed by atoms with Crippen LogP contribution in [0.1, 0.15) is 11.1 Å². The molecule has 0 saturated carbocycles. The maximum Gasteiger partial charge on any atom is 0.265 e. The summed E-state index contributed by atoms with van der Waals surface area (Å²) in [6.07, 6.45) is 1.88. The minimum absolute atomic E-state index is 0.0515. The summed E-state index contributed by atoms with van der Waals surface area (Å²) in [5.41, 5.74) is 2.10. The molecule has 0 radical (unpaired) electrons. The number of likely N-dealkylation sites (N-methyl/N-ethyl adjacent to an activating group) is 1. The smallest absolute Gasteiger partial charge is 0.265 e. The number of benzene rings is 2. The van der Waals surface area contributed by atoms with Crippen LogP contribution in [0.2, 0.25) is 0 Å². The quantitative estimate of drug-likeness (QED) is 0.274. The van der Waals surface area contributed by atoms with Crippen molar-refractivity contribution in [2.75, 3.05) is 7.05 Å². The largest absolute Gasteiger partial charge is 0.487 e. The van der Waals surface area contributed by atoms with Gasteiger partial charge in [-0.15, -0.1) is 0 Å². The van der Waals surface area contributed by atoms with E-state index in [-0.39, 0.29) is 5.91 Å². The highest BCUT2D eigenvalue weighted by Gasteiger charge is 2.28. The van der Waals surface area contributed by atoms with Crippen molar-refractivity contribution in [3.63, 3.8) is 0 Å². The van der Waals surface area contributed by atoms with Crippen LogP contribution in [0, 0.1) is 7.14 Å². The van der Waals surface area contributed by atoms with Gasteiger partial charge in [-0.1, -0.05) is 54.3 Å². The minimum Gasteiger partial charge on any atom is -0.487 e. The van der Waals surface area contributed by atoms with Gasteiger partial charge in [-0.2, -0.15) is 0 Å². The molecule has 7 heteroatoms. The number of carbonyl (C=O) groups is 1. The molecule has 0 N–H and O–H groups in total. The van der Waals surface area contributed by atoms with Crippen molar-refractivity contribution in [2.24, 2.45) is 0 Å². The second-order valence-electron chi connectivity index (χ2n) is 5.33. The van der Waals surface area contributed by atoms with Gasteiger partial charge in [0.1, 0.15) is 16.7 Å². The van der Waals surface area contributed by atoms with Gasteiger partial charge in [0.05, 0.1) is 12.0 Å². The van der Waals surface area contributed by atoms with Crippen molar-refractivity contribution in [3.05, 3.63) is 65.6 Å². The summed E-state index contributed by atoms with van der Waals surface area (Å²) in [6, 6.07) is 14.1. The average molecular weight is 593 g/mol. The van der Waals surface area contributed by atoms with Crippen LogP contribution in [0.15, 0.2) is 47.4 Å². The number of thioether (sulfide) groups is 1. The van der Waals surface area contributed by atoms with E-state index in [1.807, 2.05) is 48.5 Å². The number of ether oxygens (including phenoxy) is 1. The molecule has 1 fully saturated rings. The summed E-state index contributed by atoms with van der Waals surface area (Å²) >= 11 is 11.0. The van der Waals surface area contributed by atoms with Crippen LogP contribution in [0.5, 0.6) is 5.75 Å². The molecule has 2 aromatic carbocycles. The maximum atomic E-state index is 12.1. The Kier molecular flexibility index (Phi) is 6.39. The zero-order valence-electron chi connectivity index (χ0n) is 13.2. The van der Waals surface area contributed by atoms with Gasteiger partial charge in [0.25, 0.3) is 5.91 Å². The fraction of sp³-hybridized carbons (Fsp3) is 0.111. The molecule has 1 amide bonds. The molecule has 3 nitrogen and oxygen atoms in total. The number of hydrogen-bond donors (Lipinski definition) is 0. The van der Waals surface area contributed by atoms with E-state index in [1.165, 1.54) is 16.7 Å². The Hall–Kier alpha value is -0.650. The van der Waals surface area contributed by atoms with Crippen molar-refractivity contribution in [1.82, 2.24) is 4.90 Å². The molecule has 0 unspecified atom stereocenters. The highest BCUT2D eigenvalue weighted by Crippen LogP contribution is 2.34. The number of nitrogens with zero attached hydrogens (tertiary/aromatic N) is 1. The van der Waals surface area contributed by atoms with E-state index in [4.69, 9.17) is 17.0 Å². The fourth-order valence-corrected chi connectivity index (χ4v) is 5.53. The SMILES string of the molecule is CN1C(=O)C(=Cc2cc(I)c(OCc3ccccc3)c(I)c2)SC1=S. The van der Waals surface area contributed by atoms with Gasteiger partial charge in [-0.3, -0.25) is 9.69 Å². The van der Waals surface area contributed by atoms with Crippen LogP contribution in [0.3, 0.4) is 0 Å². The number of halogens is 2. The third-order valence-electron chi connectivity index (χ3n) is 3.53. The molecule has 0 aromatic heterocycles. The molecule has 0 atom stereocenters. The average Bonchev–Trinajstić information content (AvgIpc) is 2.82. The van der Waals surface area contributed by atoms with Gasteiger partial charge in [-0.05, 0) is 74.5 Å². The number of thiocarbonyl (C=S) groups is 1. The van der Waals surface area contributed by atoms with E-state index >= 15 is 0 Å². The molecule has 1 heterocycles. The Balaban J connectivity index is 1.81. The van der Waals surface area contributed by atoms with Gasteiger partial charge < -0.3 is 4.74 Å². The second-order valence-corrected chi connectivity index (χ2v) is 9.33. The van der Waals surface area contributed by atoms with Crippen molar-refractivity contribution in [3.8, 4) is 5.75 Å². The first-order valence-electron chi connectivity index (χ1n) is 7.33. The predicted octanol–water partition coefficient (Wildman–Crippen LogP) is 5.31. The van der Waals surface area contributed by atoms with E-state index in [0.717, 1.165) is 24.0 Å². The summed E-state index contributed by atoms with van der Waals surface area (Å²) < 4.78 is 8.61. The molecule has 3 rings (SSSR count). The highest BCUT2D eigenvalue weighted by molar-refractivity contribution is 14.1. The molecule has 25 heavy (non-hydrogen) atoms. The Morgan fingerprint density at radius 1 is 1.20 bits per heavy atom. The summed E-state index contributed by atoms with van der Waals surface area (Å²) in [6.45, 7) is 0.528. The molecule has 0 spiro atoms. The van der Waals surface area contributed by atoms with Gasteiger partial charge in [-0.25, -0.2) is 0 Å². The zero-order chi connectivity index (χ0) is 18.0. The van der Waals surface area contributed by atoms with Crippen molar-refractivity contribution in [2.45, 2.75) is 6.61 Å². The minimum atomic E-state index is -0.0515. The van der Waals surface area contributed by atoms with Crippen LogP contribution >= 0.6 is 69.2 Å². The molecule has 2 aromatic rings. The van der Waals surface area contributed by atoms with Crippen molar-refractivity contribution >= 4 is 85.5 Å². The van der Waals surface area contributed by atoms with Crippen LogP contribution in [0.4, 0.5) is 0 Å². The summed E-state index contributed by atoms with van der Waals surface area (Å²) in [5, 5.41) is 0. The standard InChI is InChI=1S/C18H13I2NO2S2/c1-21-17(22)15(25-18(21)24)9-12-7-13(19)16(14(20)8-12)23-10-11-5-3-2-4-6-11/h2-9H,10H2,1H3. The lowest BCUT2D eigenvalue weighted by Crippen LogP contribution is -2.22. The van der Waals surface area contributed by atoms with Crippen molar-refractivity contribution in [1.29, 1.82) is 0 Å². The van der Waals surface area contributed by atoms with Crippen LogP contribution in [-0.2, 0) is 11.4 Å². The molecule has 0 aliphatic carbocycles. The fourth-order valence-electron chi connectivity index (χ4n) is 2.23. The Morgan fingerprint density at radius 3 is 2.40 bits per heavy atom. The second kappa shape index (κ2) is 8.36. The predicted molar refractivity (Wildman–Crippen MR) is 124 cm³/mol. The maximum absolute atomic E-state index is 12.1. The third-order valence-corrected chi connectivity index (χ3v) is 6.62. The highest BCUT2D eigenvalue weighted by atomic mass is 127. The number of rotatable bonds is 4. The van der Waals surface area contributed by atoms with E-state index in [0.29, 0.717) is 15.8 Å². The summed E-state index contributed by atoms with van der Waals surface area (Å²) in [7, 11) is 1.70. The first-order chi connectivity index (χ1) is 12.0. The topological polar surface area (TPSA) is 29.5 Å². The Morgan fingerprint density at radius 2 is 1.84 bits per heavy atom. The monoisotopic (exact) mass is 593 g/mol. The third kappa shape index (κ3) is 4.55. The molecule has 1 aliphatic heterocycles. The van der Waals surface area contributed by atoms with Crippen LogP contribution < -0.4 is 4.74 Å². The van der Waals surface area contributed by atoms with E-state index < -0.39 is 0 Å². The van der Waals surface area contributed by atoms with Gasteiger partial charge >= 0.3 is 0 Å². The number of hydrogen-bond acceptors (Lipinski definition) is 4. The van der Waals surface area contributed by atoms with E-state index in [1.54, 1.807) is 7.05 Å². The Labute approximate surface area is 183 Å². The number of carbonyl (C=O) groups excluding carboxylic acids is 1. The molecular weight excluding hydrogens is 580 g/mol. The molecular formula is C18H13I2NO2S2. The zero-order valence-corrected chi connectivity index (χ0v) is 19.1. The molecule has 1 saturated heterocycles. The van der Waals surface area contributed by atoms with Gasteiger partial charge in [0, 0.05) is 7.05 Å². The van der Waals surface area contributed by atoms with E-state index in [9.17, 15) is 4.79 Å². The number of amides is 1. The first-order valence-corrected chi connectivity index (χ1v) is 10.7. The first kappa shape index (κ1) is 19.1. The van der Waals surface area contributed by atoms with Gasteiger partial charge in [0.15, 0.2) is 0 Å². The van der Waals surface area contributed by atoms with Crippen molar-refractivity contribution < 1.29 is 9.53 Å². The van der Waals surface area contributed by atoms with Crippen LogP contribution in [0.25, 0.3) is 6.08 Å². The summed E-state index contributed by atoms with van der Waals surface area (Å²) in [4.78, 5) is 14.3. The van der Waals surface area contributed by atoms with Gasteiger partial charge in [0.2, 0.25) is 0 Å². The Bertz CT molecular complexity index is 846. The van der Waals surface area contributed by atoms with Crippen LogP contribution in [-0.4, -0.2) is 22.2 Å². The summed E-state index contributed by atoms with van der Waals surface area (Å²) in [5.74, 6) is 0.815. The lowest BCUT2D eigenvalue weighted by atomic mass is 10.2. The molecule has 128 valence electrons. The normalized spacial score (nSPS) is 16.0.